The van der Waals surface area contributed by atoms with Gasteiger partial charge in [-0.1, -0.05) is 12.1 Å². The highest BCUT2D eigenvalue weighted by atomic mass is 16.4. The van der Waals surface area contributed by atoms with E-state index in [-0.39, 0.29) is 25.0 Å². The van der Waals surface area contributed by atoms with Crippen LogP contribution in [0, 0.1) is 0 Å². The second-order valence-corrected chi connectivity index (χ2v) is 8.34. The summed E-state index contributed by atoms with van der Waals surface area (Å²) in [6.07, 6.45) is -2.65. The van der Waals surface area contributed by atoms with Gasteiger partial charge in [-0.05, 0) is 31.0 Å². The number of primary amides is 2. The number of carboxylic acids is 1. The van der Waals surface area contributed by atoms with Crippen LogP contribution in [0.3, 0.4) is 0 Å². The molecular formula is C22H32N6O9. The third kappa shape index (κ3) is 10.9. The van der Waals surface area contributed by atoms with E-state index in [9.17, 15) is 44.1 Å². The number of rotatable bonds is 15. The SMILES string of the molecule is CC(O)C(NC(=O)C(Cc1ccc(O)cc1)NC(=O)C(N)CCC(N)=O)C(=O)NC(CC(N)=O)C(=O)O. The smallest absolute Gasteiger partial charge is 0.326 e. The molecule has 0 aliphatic carbocycles. The Hall–Kier alpha value is -4.24. The predicted molar refractivity (Wildman–Crippen MR) is 127 cm³/mol. The number of amides is 5. The number of benzene rings is 1. The van der Waals surface area contributed by atoms with Crippen LogP contribution in [0.15, 0.2) is 24.3 Å². The van der Waals surface area contributed by atoms with Crippen LogP contribution in [0.4, 0.5) is 0 Å². The number of carboxylic acid groups (broad SMARTS) is 1. The lowest BCUT2D eigenvalue weighted by molar-refractivity contribution is -0.144. The Morgan fingerprint density at radius 3 is 1.92 bits per heavy atom. The van der Waals surface area contributed by atoms with Crippen LogP contribution in [0.5, 0.6) is 5.75 Å². The zero-order valence-corrected chi connectivity index (χ0v) is 20.0. The first-order chi connectivity index (χ1) is 17.2. The number of carbonyl (C=O) groups excluding carboxylic acids is 5. The molecule has 0 aromatic heterocycles. The van der Waals surface area contributed by atoms with Crippen molar-refractivity contribution >= 4 is 35.5 Å². The minimum Gasteiger partial charge on any atom is -0.508 e. The standard InChI is InChI=1S/C22H32N6O9/c1-10(29)18(21(35)27-15(22(36)37)9-17(25)32)28-20(34)14(8-11-2-4-12(30)5-3-11)26-19(33)13(23)6-7-16(24)31/h2-5,10,13-15,18,29-30H,6-9,23H2,1H3,(H2,24,31)(H2,25,32)(H,26,33)(H,27,35)(H,28,34)(H,36,37). The highest BCUT2D eigenvalue weighted by Crippen LogP contribution is 2.12. The van der Waals surface area contributed by atoms with Crippen molar-refractivity contribution in [2.75, 3.05) is 0 Å². The Bertz CT molecular complexity index is 999. The molecule has 0 saturated carbocycles. The van der Waals surface area contributed by atoms with Gasteiger partial charge in [-0.3, -0.25) is 24.0 Å². The maximum absolute atomic E-state index is 13.1. The number of phenolic OH excluding ortho intramolecular Hbond substituents is 1. The maximum atomic E-state index is 13.1. The second-order valence-electron chi connectivity index (χ2n) is 8.34. The largest absolute Gasteiger partial charge is 0.508 e. The topological polar surface area (TPSA) is 277 Å². The lowest BCUT2D eigenvalue weighted by Gasteiger charge is -2.26. The molecule has 5 unspecified atom stereocenters. The van der Waals surface area contributed by atoms with E-state index in [1.54, 1.807) is 0 Å². The minimum absolute atomic E-state index is 0.0444. The van der Waals surface area contributed by atoms with Gasteiger partial charge in [0.25, 0.3) is 0 Å². The van der Waals surface area contributed by atoms with Gasteiger partial charge in [0.1, 0.15) is 23.9 Å². The lowest BCUT2D eigenvalue weighted by Crippen LogP contribution is -2.60. The number of aromatic hydroxyl groups is 1. The van der Waals surface area contributed by atoms with Gasteiger partial charge in [0.05, 0.1) is 18.6 Å². The van der Waals surface area contributed by atoms with E-state index in [0.29, 0.717) is 5.56 Å². The van der Waals surface area contributed by atoms with Gasteiger partial charge in [0.2, 0.25) is 29.5 Å². The van der Waals surface area contributed by atoms with Crippen molar-refractivity contribution in [1.82, 2.24) is 16.0 Å². The van der Waals surface area contributed by atoms with E-state index in [2.05, 4.69) is 10.6 Å². The Labute approximate surface area is 211 Å². The summed E-state index contributed by atoms with van der Waals surface area (Å²) >= 11 is 0. The number of carbonyl (C=O) groups is 6. The zero-order chi connectivity index (χ0) is 28.3. The molecule has 204 valence electrons. The Morgan fingerprint density at radius 1 is 0.865 bits per heavy atom. The first kappa shape index (κ1) is 30.8. The molecule has 0 fully saturated rings. The molecule has 1 aromatic rings. The van der Waals surface area contributed by atoms with Crippen LogP contribution in [0.2, 0.25) is 0 Å². The van der Waals surface area contributed by atoms with E-state index in [1.165, 1.54) is 24.3 Å². The molecule has 0 radical (unpaired) electrons. The molecule has 37 heavy (non-hydrogen) atoms. The van der Waals surface area contributed by atoms with Gasteiger partial charge in [0, 0.05) is 12.8 Å². The summed E-state index contributed by atoms with van der Waals surface area (Å²) < 4.78 is 0. The Balaban J connectivity index is 3.10. The van der Waals surface area contributed by atoms with Gasteiger partial charge < -0.3 is 48.5 Å². The number of hydrogen-bond donors (Lipinski definition) is 9. The third-order valence-corrected chi connectivity index (χ3v) is 5.13. The van der Waals surface area contributed by atoms with Crippen LogP contribution in [-0.4, -0.2) is 81.1 Å². The number of aliphatic carboxylic acids is 1. The van der Waals surface area contributed by atoms with Crippen LogP contribution in [0.25, 0.3) is 0 Å². The zero-order valence-electron chi connectivity index (χ0n) is 20.0. The fourth-order valence-electron chi connectivity index (χ4n) is 3.11. The molecule has 0 heterocycles. The molecular weight excluding hydrogens is 492 g/mol. The molecule has 5 atom stereocenters. The van der Waals surface area contributed by atoms with Crippen molar-refractivity contribution in [1.29, 1.82) is 0 Å². The van der Waals surface area contributed by atoms with E-state index in [4.69, 9.17) is 17.2 Å². The average molecular weight is 525 g/mol. The third-order valence-electron chi connectivity index (χ3n) is 5.13. The second kappa shape index (κ2) is 14.4. The molecule has 15 heteroatoms. The van der Waals surface area contributed by atoms with Gasteiger partial charge in [-0.15, -0.1) is 0 Å². The summed E-state index contributed by atoms with van der Waals surface area (Å²) in [5, 5.41) is 35.4. The quantitative estimate of drug-likeness (QED) is 0.108. The Morgan fingerprint density at radius 2 is 1.43 bits per heavy atom. The monoisotopic (exact) mass is 524 g/mol. The summed E-state index contributed by atoms with van der Waals surface area (Å²) in [5.74, 6) is -6.15. The summed E-state index contributed by atoms with van der Waals surface area (Å²) in [7, 11) is 0. The summed E-state index contributed by atoms with van der Waals surface area (Å²) in [5.41, 5.74) is 16.3. The maximum Gasteiger partial charge on any atom is 0.326 e. The number of aliphatic hydroxyl groups is 1. The molecule has 12 N–H and O–H groups in total. The summed E-state index contributed by atoms with van der Waals surface area (Å²) in [4.78, 5) is 71.7. The summed E-state index contributed by atoms with van der Waals surface area (Å²) in [6, 6.07) is -0.258. The highest BCUT2D eigenvalue weighted by molar-refractivity contribution is 5.95. The van der Waals surface area contributed by atoms with E-state index >= 15 is 0 Å². The van der Waals surface area contributed by atoms with Crippen LogP contribution < -0.4 is 33.2 Å². The Kier molecular flexibility index (Phi) is 11.9. The number of phenols is 1. The fourth-order valence-corrected chi connectivity index (χ4v) is 3.11. The number of nitrogens with two attached hydrogens (primary N) is 3. The van der Waals surface area contributed by atoms with Gasteiger partial charge in [-0.25, -0.2) is 4.79 Å². The summed E-state index contributed by atoms with van der Waals surface area (Å²) in [6.45, 7) is 1.15. The predicted octanol–water partition coefficient (Wildman–Crippen LogP) is -3.68. The van der Waals surface area contributed by atoms with Crippen LogP contribution >= 0.6 is 0 Å². The highest BCUT2D eigenvalue weighted by Gasteiger charge is 2.33. The van der Waals surface area contributed by atoms with Crippen molar-refractivity contribution in [3.8, 4) is 5.75 Å². The van der Waals surface area contributed by atoms with Crippen molar-refractivity contribution in [3.63, 3.8) is 0 Å². The number of hydrogen-bond acceptors (Lipinski definition) is 9. The van der Waals surface area contributed by atoms with E-state index in [1.807, 2.05) is 5.32 Å². The van der Waals surface area contributed by atoms with Crippen molar-refractivity contribution < 1.29 is 44.1 Å². The molecule has 0 spiro atoms. The van der Waals surface area contributed by atoms with E-state index in [0.717, 1.165) is 6.92 Å². The molecule has 1 rings (SSSR count). The number of aliphatic hydroxyl groups excluding tert-OH is 1. The fraction of sp³-hybridized carbons (Fsp3) is 0.455. The van der Waals surface area contributed by atoms with Gasteiger partial charge in [-0.2, -0.15) is 0 Å². The van der Waals surface area contributed by atoms with Gasteiger partial charge in [0.15, 0.2) is 0 Å². The molecule has 5 amide bonds. The molecule has 0 bridgehead atoms. The first-order valence-electron chi connectivity index (χ1n) is 11.1. The van der Waals surface area contributed by atoms with Crippen molar-refractivity contribution in [3.05, 3.63) is 29.8 Å². The van der Waals surface area contributed by atoms with Crippen molar-refractivity contribution in [2.24, 2.45) is 17.2 Å². The average Bonchev–Trinajstić information content (AvgIpc) is 2.80. The van der Waals surface area contributed by atoms with Crippen LogP contribution in [0.1, 0.15) is 31.7 Å². The molecule has 0 aliphatic heterocycles. The lowest BCUT2D eigenvalue weighted by atomic mass is 10.0. The van der Waals surface area contributed by atoms with E-state index < -0.39 is 72.2 Å². The van der Waals surface area contributed by atoms with Crippen LogP contribution in [-0.2, 0) is 35.2 Å². The van der Waals surface area contributed by atoms with Crippen molar-refractivity contribution in [2.45, 2.75) is 62.9 Å². The van der Waals surface area contributed by atoms with Gasteiger partial charge >= 0.3 is 5.97 Å². The molecule has 1 aromatic carbocycles. The number of nitrogens with one attached hydrogen (secondary N) is 3. The first-order valence-corrected chi connectivity index (χ1v) is 11.1. The minimum atomic E-state index is -1.71. The molecule has 15 nitrogen and oxygen atoms in total. The normalized spacial score (nSPS) is 14.8. The molecule has 0 saturated heterocycles. The molecule has 0 aliphatic rings.